The summed E-state index contributed by atoms with van der Waals surface area (Å²) >= 11 is 1.43. The number of thioether (sulfide) groups is 1. The molecule has 0 saturated carbocycles. The third-order valence-electron chi connectivity index (χ3n) is 3.14. The van der Waals surface area contributed by atoms with E-state index in [1.165, 1.54) is 11.8 Å². The molecule has 2 aromatic carbocycles. The first-order chi connectivity index (χ1) is 10.8. The maximum Gasteiger partial charge on any atom is 0.330 e. The minimum atomic E-state index is -0.419. The molecule has 0 spiro atoms. The van der Waals surface area contributed by atoms with Crippen LogP contribution in [0.15, 0.2) is 76.6 Å². The van der Waals surface area contributed by atoms with Gasteiger partial charge in [-0.2, -0.15) is 0 Å². The van der Waals surface area contributed by atoms with Gasteiger partial charge < -0.3 is 9.15 Å². The van der Waals surface area contributed by atoms with E-state index in [1.807, 2.05) is 54.6 Å². The Morgan fingerprint density at radius 1 is 1.18 bits per heavy atom. The summed E-state index contributed by atoms with van der Waals surface area (Å²) in [7, 11) is 0. The van der Waals surface area contributed by atoms with Crippen molar-refractivity contribution in [1.82, 2.24) is 0 Å². The first-order valence-electron chi connectivity index (χ1n) is 6.77. The molecule has 0 aliphatic heterocycles. The molecular weight excluding hydrogens is 296 g/mol. The number of carbonyl (C=O) groups excluding carboxylic acids is 1. The van der Waals surface area contributed by atoms with Gasteiger partial charge in [0.2, 0.25) is 0 Å². The van der Waals surface area contributed by atoms with Crippen molar-refractivity contribution < 1.29 is 13.9 Å². The fourth-order valence-corrected chi connectivity index (χ4v) is 2.73. The van der Waals surface area contributed by atoms with E-state index in [0.717, 1.165) is 33.3 Å². The van der Waals surface area contributed by atoms with Crippen molar-refractivity contribution in [3.8, 4) is 11.3 Å². The van der Waals surface area contributed by atoms with Crippen molar-refractivity contribution in [2.45, 2.75) is 4.90 Å². The Labute approximate surface area is 132 Å². The highest BCUT2D eigenvalue weighted by molar-refractivity contribution is 7.99. The molecule has 3 rings (SSSR count). The molecule has 1 heterocycles. The van der Waals surface area contributed by atoms with Crippen LogP contribution < -0.4 is 0 Å². The second kappa shape index (κ2) is 6.54. The molecule has 0 radical (unpaired) electrons. The van der Waals surface area contributed by atoms with E-state index < -0.39 is 5.97 Å². The number of rotatable bonds is 5. The predicted molar refractivity (Wildman–Crippen MR) is 88.7 cm³/mol. The Morgan fingerprint density at radius 2 is 2.00 bits per heavy atom. The molecule has 3 aromatic rings. The second-order valence-corrected chi connectivity index (χ2v) is 5.60. The third-order valence-corrected chi connectivity index (χ3v) is 3.97. The lowest BCUT2D eigenvalue weighted by molar-refractivity contribution is -0.135. The summed E-state index contributed by atoms with van der Waals surface area (Å²) in [5, 5.41) is 1.05. The van der Waals surface area contributed by atoms with Gasteiger partial charge in [-0.15, -0.1) is 0 Å². The van der Waals surface area contributed by atoms with Gasteiger partial charge in [0.1, 0.15) is 17.3 Å². The van der Waals surface area contributed by atoms with Gasteiger partial charge in [0.25, 0.3) is 0 Å². The number of benzene rings is 2. The molecule has 0 fully saturated rings. The summed E-state index contributed by atoms with van der Waals surface area (Å²) in [6, 6.07) is 17.9. The molecule has 0 N–H and O–H groups in total. The van der Waals surface area contributed by atoms with Crippen molar-refractivity contribution in [3.05, 3.63) is 67.3 Å². The van der Waals surface area contributed by atoms with E-state index >= 15 is 0 Å². The molecular formula is C18H14O3S. The summed E-state index contributed by atoms with van der Waals surface area (Å²) in [5.41, 5.74) is 1.87. The summed E-state index contributed by atoms with van der Waals surface area (Å²) in [4.78, 5) is 12.0. The molecule has 3 nitrogen and oxygen atoms in total. The van der Waals surface area contributed by atoms with Crippen LogP contribution in [-0.2, 0) is 9.53 Å². The van der Waals surface area contributed by atoms with E-state index in [9.17, 15) is 4.79 Å². The number of fused-ring (bicyclic) bond motifs is 1. The van der Waals surface area contributed by atoms with Crippen molar-refractivity contribution in [2.24, 2.45) is 0 Å². The van der Waals surface area contributed by atoms with Crippen LogP contribution in [-0.4, -0.2) is 11.9 Å². The fraction of sp³-hybridized carbons (Fsp3) is 0.0556. The molecule has 0 aliphatic rings. The predicted octanol–water partition coefficient (Wildman–Crippen LogP) is 4.88. The van der Waals surface area contributed by atoms with Crippen molar-refractivity contribution in [2.75, 3.05) is 5.94 Å². The summed E-state index contributed by atoms with van der Waals surface area (Å²) in [5.74, 6) is 0.677. The van der Waals surface area contributed by atoms with Crippen LogP contribution in [0.4, 0.5) is 0 Å². The van der Waals surface area contributed by atoms with Gasteiger partial charge >= 0.3 is 5.97 Å². The van der Waals surface area contributed by atoms with Crippen LogP contribution in [0.3, 0.4) is 0 Å². The molecule has 0 bridgehead atoms. The summed E-state index contributed by atoms with van der Waals surface area (Å²) in [6.45, 7) is 3.36. The van der Waals surface area contributed by atoms with E-state index in [-0.39, 0.29) is 5.94 Å². The molecule has 22 heavy (non-hydrogen) atoms. The summed E-state index contributed by atoms with van der Waals surface area (Å²) in [6.07, 6.45) is 1.16. The quantitative estimate of drug-likeness (QED) is 0.291. The molecule has 4 heteroatoms. The molecule has 0 saturated heterocycles. The zero-order chi connectivity index (χ0) is 15.4. The zero-order valence-electron chi connectivity index (χ0n) is 11.8. The van der Waals surface area contributed by atoms with Crippen LogP contribution >= 0.6 is 11.8 Å². The van der Waals surface area contributed by atoms with Crippen molar-refractivity contribution in [3.63, 3.8) is 0 Å². The monoisotopic (exact) mass is 310 g/mol. The normalized spacial score (nSPS) is 10.5. The number of esters is 1. The van der Waals surface area contributed by atoms with E-state index in [1.54, 1.807) is 0 Å². The highest BCUT2D eigenvalue weighted by atomic mass is 32.2. The second-order valence-electron chi connectivity index (χ2n) is 4.61. The molecule has 0 atom stereocenters. The van der Waals surface area contributed by atoms with Gasteiger partial charge in [-0.25, -0.2) is 4.79 Å². The average Bonchev–Trinajstić information content (AvgIpc) is 2.99. The average molecular weight is 310 g/mol. The Morgan fingerprint density at radius 3 is 2.77 bits per heavy atom. The largest absolute Gasteiger partial charge is 0.456 e. The Balaban J connectivity index is 1.78. The first-order valence-corrected chi connectivity index (χ1v) is 7.76. The van der Waals surface area contributed by atoms with Gasteiger partial charge in [-0.05, 0) is 24.3 Å². The number of carbonyl (C=O) groups is 1. The molecule has 0 aliphatic carbocycles. The van der Waals surface area contributed by atoms with Gasteiger partial charge in [0.05, 0.1) is 0 Å². The van der Waals surface area contributed by atoms with E-state index in [4.69, 9.17) is 9.15 Å². The number of ether oxygens (including phenoxy) is 1. The Hall–Kier alpha value is -2.46. The van der Waals surface area contributed by atoms with Crippen LogP contribution in [0.25, 0.3) is 22.3 Å². The minimum Gasteiger partial charge on any atom is -0.456 e. The standard InChI is InChI=1S/C18H14O3S/c1-2-18(19)20-12-22-15-9-8-14-10-16(21-17(14)11-15)13-6-4-3-5-7-13/h2-11H,1,12H2. The van der Waals surface area contributed by atoms with E-state index in [2.05, 4.69) is 6.58 Å². The SMILES string of the molecule is C=CC(=O)OCSc1ccc2cc(-c3ccccc3)oc2c1. The maximum absolute atomic E-state index is 11.0. The van der Waals surface area contributed by atoms with Gasteiger partial charge in [-0.3, -0.25) is 0 Å². The minimum absolute atomic E-state index is 0.253. The lowest BCUT2D eigenvalue weighted by atomic mass is 10.1. The Bertz CT molecular complexity index is 806. The third kappa shape index (κ3) is 3.23. The highest BCUT2D eigenvalue weighted by Crippen LogP contribution is 2.30. The molecule has 110 valence electrons. The molecule has 0 unspecified atom stereocenters. The van der Waals surface area contributed by atoms with Crippen LogP contribution in [0.1, 0.15) is 0 Å². The van der Waals surface area contributed by atoms with Crippen LogP contribution in [0.5, 0.6) is 0 Å². The number of hydrogen-bond donors (Lipinski definition) is 0. The topological polar surface area (TPSA) is 39.4 Å². The van der Waals surface area contributed by atoms with Gasteiger partial charge in [0, 0.05) is 21.9 Å². The van der Waals surface area contributed by atoms with Crippen LogP contribution in [0, 0.1) is 0 Å². The highest BCUT2D eigenvalue weighted by Gasteiger charge is 2.07. The maximum atomic E-state index is 11.0. The summed E-state index contributed by atoms with van der Waals surface area (Å²) < 4.78 is 10.9. The smallest absolute Gasteiger partial charge is 0.330 e. The fourth-order valence-electron chi connectivity index (χ4n) is 2.06. The van der Waals surface area contributed by atoms with Crippen molar-refractivity contribution >= 4 is 28.7 Å². The van der Waals surface area contributed by atoms with Crippen LogP contribution in [0.2, 0.25) is 0 Å². The number of furan rings is 1. The van der Waals surface area contributed by atoms with Crippen molar-refractivity contribution in [1.29, 1.82) is 0 Å². The lowest BCUT2D eigenvalue weighted by Gasteiger charge is -2.01. The zero-order valence-corrected chi connectivity index (χ0v) is 12.6. The first kappa shape index (κ1) is 14.5. The molecule has 1 aromatic heterocycles. The van der Waals surface area contributed by atoms with Gasteiger partial charge in [0.15, 0.2) is 0 Å². The van der Waals surface area contributed by atoms with E-state index in [0.29, 0.717) is 0 Å². The Kier molecular flexibility index (Phi) is 4.30. The lowest BCUT2D eigenvalue weighted by Crippen LogP contribution is -1.98. The molecule has 0 amide bonds. The van der Waals surface area contributed by atoms with Gasteiger partial charge in [-0.1, -0.05) is 48.7 Å². The number of hydrogen-bond acceptors (Lipinski definition) is 4.